The molecule has 0 aromatic rings. The van der Waals surface area contributed by atoms with E-state index < -0.39 is 0 Å². The Bertz CT molecular complexity index is 238. The van der Waals surface area contributed by atoms with Gasteiger partial charge in [-0.15, -0.1) is 0 Å². The largest absolute Gasteiger partial charge is 0.342 e. The number of carbonyl (C=O) groups is 1. The van der Waals surface area contributed by atoms with E-state index in [1.54, 1.807) is 4.90 Å². The third-order valence-corrected chi connectivity index (χ3v) is 3.90. The molecular formula is C18H35NO. The topological polar surface area (TPSA) is 20.3 Å². The molecule has 0 aromatic heterocycles. The first-order chi connectivity index (χ1) is 9.72. The first-order valence-electron chi connectivity index (χ1n) is 8.60. The van der Waals surface area contributed by atoms with Crippen LogP contribution in [0.1, 0.15) is 84.0 Å². The number of nitrogens with zero attached hydrogens (tertiary/aromatic N) is 1. The first-order valence-corrected chi connectivity index (χ1v) is 8.60. The third-order valence-electron chi connectivity index (χ3n) is 3.90. The molecule has 0 radical (unpaired) electrons. The standard InChI is InChI=1S/C18H35NO/c1-4-6-7-8-9-10-11-12-13-14-15-16-17-19(3)18(20)5-2/h5H,2,4,6-17H2,1,3H3. The number of likely N-dealkylation sites (N-methyl/N-ethyl adjacent to an activating group) is 1. The van der Waals surface area contributed by atoms with Crippen molar-refractivity contribution in [3.05, 3.63) is 12.7 Å². The van der Waals surface area contributed by atoms with Crippen LogP contribution in [-0.4, -0.2) is 24.4 Å². The van der Waals surface area contributed by atoms with Gasteiger partial charge in [0.2, 0.25) is 5.91 Å². The van der Waals surface area contributed by atoms with Gasteiger partial charge in [-0.2, -0.15) is 0 Å². The molecule has 0 bridgehead atoms. The molecule has 0 aliphatic rings. The summed E-state index contributed by atoms with van der Waals surface area (Å²) in [7, 11) is 1.85. The molecule has 0 N–H and O–H groups in total. The molecule has 118 valence electrons. The molecular weight excluding hydrogens is 246 g/mol. The molecule has 1 amide bonds. The summed E-state index contributed by atoms with van der Waals surface area (Å²) >= 11 is 0. The van der Waals surface area contributed by atoms with Gasteiger partial charge in [-0.25, -0.2) is 0 Å². The van der Waals surface area contributed by atoms with Crippen molar-refractivity contribution in [2.45, 2.75) is 84.0 Å². The van der Waals surface area contributed by atoms with Gasteiger partial charge in [0, 0.05) is 13.6 Å². The van der Waals surface area contributed by atoms with E-state index in [1.807, 2.05) is 7.05 Å². The smallest absolute Gasteiger partial charge is 0.245 e. The number of hydrogen-bond donors (Lipinski definition) is 0. The normalized spacial score (nSPS) is 10.5. The quantitative estimate of drug-likeness (QED) is 0.311. The minimum absolute atomic E-state index is 0.0353. The van der Waals surface area contributed by atoms with Gasteiger partial charge in [0.05, 0.1) is 0 Å². The van der Waals surface area contributed by atoms with Crippen molar-refractivity contribution in [2.24, 2.45) is 0 Å². The first kappa shape index (κ1) is 19.2. The lowest BCUT2D eigenvalue weighted by atomic mass is 10.1. The highest BCUT2D eigenvalue weighted by Crippen LogP contribution is 2.11. The number of amides is 1. The fourth-order valence-corrected chi connectivity index (χ4v) is 2.46. The average Bonchev–Trinajstić information content (AvgIpc) is 2.47. The van der Waals surface area contributed by atoms with E-state index in [2.05, 4.69) is 13.5 Å². The molecule has 0 atom stereocenters. The maximum atomic E-state index is 11.3. The van der Waals surface area contributed by atoms with Crippen LogP contribution in [0.25, 0.3) is 0 Å². The highest BCUT2D eigenvalue weighted by Gasteiger charge is 2.02. The highest BCUT2D eigenvalue weighted by atomic mass is 16.2. The monoisotopic (exact) mass is 281 g/mol. The van der Waals surface area contributed by atoms with E-state index >= 15 is 0 Å². The predicted molar refractivity (Wildman–Crippen MR) is 88.9 cm³/mol. The zero-order chi connectivity index (χ0) is 15.1. The minimum atomic E-state index is 0.0353. The fourth-order valence-electron chi connectivity index (χ4n) is 2.46. The molecule has 0 spiro atoms. The summed E-state index contributed by atoms with van der Waals surface area (Å²) < 4.78 is 0. The van der Waals surface area contributed by atoms with Crippen molar-refractivity contribution in [3.63, 3.8) is 0 Å². The average molecular weight is 281 g/mol. The van der Waals surface area contributed by atoms with E-state index in [1.165, 1.54) is 76.7 Å². The number of hydrogen-bond acceptors (Lipinski definition) is 1. The molecule has 0 unspecified atom stereocenters. The van der Waals surface area contributed by atoms with E-state index in [0.29, 0.717) is 0 Å². The Morgan fingerprint density at radius 2 is 1.25 bits per heavy atom. The van der Waals surface area contributed by atoms with Crippen LogP contribution in [0, 0.1) is 0 Å². The van der Waals surface area contributed by atoms with Crippen molar-refractivity contribution in [3.8, 4) is 0 Å². The molecule has 20 heavy (non-hydrogen) atoms. The van der Waals surface area contributed by atoms with Crippen LogP contribution in [0.5, 0.6) is 0 Å². The summed E-state index contributed by atoms with van der Waals surface area (Å²) in [4.78, 5) is 13.0. The van der Waals surface area contributed by atoms with Crippen molar-refractivity contribution in [1.82, 2.24) is 4.90 Å². The molecule has 0 saturated carbocycles. The second-order valence-corrected chi connectivity index (χ2v) is 5.85. The lowest BCUT2D eigenvalue weighted by Gasteiger charge is -2.14. The Morgan fingerprint density at radius 1 is 0.850 bits per heavy atom. The highest BCUT2D eigenvalue weighted by molar-refractivity contribution is 5.86. The van der Waals surface area contributed by atoms with E-state index in [0.717, 1.165) is 13.0 Å². The summed E-state index contributed by atoms with van der Waals surface area (Å²) in [5, 5.41) is 0. The second kappa shape index (κ2) is 14.6. The van der Waals surface area contributed by atoms with Crippen molar-refractivity contribution >= 4 is 5.91 Å². The van der Waals surface area contributed by atoms with E-state index in [9.17, 15) is 4.79 Å². The van der Waals surface area contributed by atoms with Crippen LogP contribution in [-0.2, 0) is 4.79 Å². The zero-order valence-corrected chi connectivity index (χ0v) is 13.8. The summed E-state index contributed by atoms with van der Waals surface area (Å²) in [5.74, 6) is 0.0353. The Morgan fingerprint density at radius 3 is 1.65 bits per heavy atom. The van der Waals surface area contributed by atoms with Gasteiger partial charge in [0.25, 0.3) is 0 Å². The lowest BCUT2D eigenvalue weighted by Crippen LogP contribution is -2.25. The Balaban J connectivity index is 3.13. The molecule has 2 heteroatoms. The maximum Gasteiger partial charge on any atom is 0.245 e. The number of rotatable bonds is 14. The number of unbranched alkanes of at least 4 members (excludes halogenated alkanes) is 11. The molecule has 0 aliphatic heterocycles. The van der Waals surface area contributed by atoms with Crippen molar-refractivity contribution in [1.29, 1.82) is 0 Å². The summed E-state index contributed by atoms with van der Waals surface area (Å²) in [6, 6.07) is 0. The molecule has 0 saturated heterocycles. The van der Waals surface area contributed by atoms with Gasteiger partial charge < -0.3 is 4.90 Å². The lowest BCUT2D eigenvalue weighted by molar-refractivity contribution is -0.124. The predicted octanol–water partition coefficient (Wildman–Crippen LogP) is 5.33. The van der Waals surface area contributed by atoms with E-state index in [-0.39, 0.29) is 5.91 Å². The molecule has 0 fully saturated rings. The Hall–Kier alpha value is -0.790. The molecule has 0 heterocycles. The van der Waals surface area contributed by atoms with Crippen LogP contribution in [0.15, 0.2) is 12.7 Å². The van der Waals surface area contributed by atoms with Crippen LogP contribution in [0.3, 0.4) is 0 Å². The van der Waals surface area contributed by atoms with Gasteiger partial charge >= 0.3 is 0 Å². The van der Waals surface area contributed by atoms with Crippen LogP contribution in [0.4, 0.5) is 0 Å². The summed E-state index contributed by atoms with van der Waals surface area (Å²) in [6.45, 7) is 6.63. The summed E-state index contributed by atoms with van der Waals surface area (Å²) in [5.41, 5.74) is 0. The fraction of sp³-hybridized carbons (Fsp3) is 0.833. The second-order valence-electron chi connectivity index (χ2n) is 5.85. The van der Waals surface area contributed by atoms with Crippen LogP contribution < -0.4 is 0 Å². The zero-order valence-electron chi connectivity index (χ0n) is 13.8. The van der Waals surface area contributed by atoms with Crippen molar-refractivity contribution < 1.29 is 4.79 Å². The van der Waals surface area contributed by atoms with Crippen molar-refractivity contribution in [2.75, 3.05) is 13.6 Å². The molecule has 0 rings (SSSR count). The SMILES string of the molecule is C=CC(=O)N(C)CCCCCCCCCCCCCC. The molecule has 0 aromatic carbocycles. The Kier molecular flexibility index (Phi) is 14.0. The third kappa shape index (κ3) is 12.3. The number of carbonyl (C=O) groups excluding carboxylic acids is 1. The molecule has 0 aliphatic carbocycles. The van der Waals surface area contributed by atoms with Crippen LogP contribution in [0.2, 0.25) is 0 Å². The Labute approximate surface area is 126 Å². The van der Waals surface area contributed by atoms with Gasteiger partial charge in [0.15, 0.2) is 0 Å². The van der Waals surface area contributed by atoms with E-state index in [4.69, 9.17) is 0 Å². The van der Waals surface area contributed by atoms with Crippen LogP contribution >= 0.6 is 0 Å². The minimum Gasteiger partial charge on any atom is -0.342 e. The maximum absolute atomic E-state index is 11.3. The van der Waals surface area contributed by atoms with Gasteiger partial charge in [-0.1, -0.05) is 84.1 Å². The van der Waals surface area contributed by atoms with Gasteiger partial charge in [-0.05, 0) is 12.5 Å². The van der Waals surface area contributed by atoms with Gasteiger partial charge in [0.1, 0.15) is 0 Å². The van der Waals surface area contributed by atoms with Gasteiger partial charge in [-0.3, -0.25) is 4.79 Å². The molecule has 2 nitrogen and oxygen atoms in total. The summed E-state index contributed by atoms with van der Waals surface area (Å²) in [6.07, 6.45) is 17.6.